The minimum atomic E-state index is -4.27. The maximum atomic E-state index is 11.9. The first kappa shape index (κ1) is 15.9. The van der Waals surface area contributed by atoms with Crippen molar-refractivity contribution in [1.82, 2.24) is 5.32 Å². The minimum absolute atomic E-state index is 0.00651. The molecule has 108 valence electrons. The number of alkyl halides is 3. The van der Waals surface area contributed by atoms with Crippen LogP contribution in [0.4, 0.5) is 13.2 Å². The van der Waals surface area contributed by atoms with Crippen LogP contribution in [-0.2, 0) is 9.47 Å². The van der Waals surface area contributed by atoms with Gasteiger partial charge in [-0.3, -0.25) is 0 Å². The monoisotopic (exact) mass is 277 g/mol. The van der Waals surface area contributed by atoms with Gasteiger partial charge in [0, 0.05) is 13.7 Å². The molecule has 0 saturated heterocycles. The molecule has 0 saturated carbocycles. The van der Waals surface area contributed by atoms with Crippen LogP contribution in [0.1, 0.15) is 11.6 Å². The largest absolute Gasteiger partial charge is 0.411 e. The third-order valence-electron chi connectivity index (χ3n) is 2.44. The van der Waals surface area contributed by atoms with Crippen molar-refractivity contribution in [2.24, 2.45) is 0 Å². The fourth-order valence-corrected chi connectivity index (χ4v) is 1.62. The van der Waals surface area contributed by atoms with E-state index < -0.39 is 12.8 Å². The van der Waals surface area contributed by atoms with E-state index in [1.165, 1.54) is 0 Å². The molecule has 0 aromatic heterocycles. The van der Waals surface area contributed by atoms with E-state index >= 15 is 0 Å². The van der Waals surface area contributed by atoms with E-state index in [4.69, 9.17) is 4.74 Å². The molecule has 0 fully saturated rings. The first-order valence-corrected chi connectivity index (χ1v) is 5.94. The van der Waals surface area contributed by atoms with Gasteiger partial charge in [0.05, 0.1) is 19.3 Å². The Bertz CT molecular complexity index is 343. The molecule has 6 heteroatoms. The minimum Gasteiger partial charge on any atom is -0.383 e. The molecule has 1 atom stereocenters. The van der Waals surface area contributed by atoms with Crippen LogP contribution >= 0.6 is 0 Å². The Kier molecular flexibility index (Phi) is 6.83. The van der Waals surface area contributed by atoms with Crippen LogP contribution < -0.4 is 5.32 Å². The number of hydrogen-bond acceptors (Lipinski definition) is 3. The number of rotatable bonds is 8. The van der Waals surface area contributed by atoms with E-state index in [2.05, 4.69) is 10.1 Å². The Hall–Kier alpha value is -1.11. The Morgan fingerprint density at radius 2 is 1.89 bits per heavy atom. The molecule has 0 spiro atoms. The van der Waals surface area contributed by atoms with Crippen molar-refractivity contribution in [2.45, 2.75) is 12.2 Å². The molecule has 1 aromatic rings. The van der Waals surface area contributed by atoms with E-state index in [-0.39, 0.29) is 12.6 Å². The molecule has 3 nitrogen and oxygen atoms in total. The molecule has 1 N–H and O–H groups in total. The summed E-state index contributed by atoms with van der Waals surface area (Å²) in [5.74, 6) is 0. The lowest BCUT2D eigenvalue weighted by molar-refractivity contribution is -0.173. The summed E-state index contributed by atoms with van der Waals surface area (Å²) in [7, 11) is 1.58. The van der Waals surface area contributed by atoms with E-state index in [0.717, 1.165) is 5.56 Å². The highest BCUT2D eigenvalue weighted by Gasteiger charge is 2.27. The van der Waals surface area contributed by atoms with Crippen molar-refractivity contribution in [3.8, 4) is 0 Å². The highest BCUT2D eigenvalue weighted by molar-refractivity contribution is 5.18. The van der Waals surface area contributed by atoms with E-state index in [0.29, 0.717) is 13.2 Å². The van der Waals surface area contributed by atoms with Gasteiger partial charge in [-0.15, -0.1) is 0 Å². The van der Waals surface area contributed by atoms with Gasteiger partial charge in [0.2, 0.25) is 0 Å². The topological polar surface area (TPSA) is 30.5 Å². The number of methoxy groups -OCH3 is 1. The van der Waals surface area contributed by atoms with Crippen LogP contribution in [0.5, 0.6) is 0 Å². The van der Waals surface area contributed by atoms with Crippen molar-refractivity contribution in [3.05, 3.63) is 35.9 Å². The van der Waals surface area contributed by atoms with Gasteiger partial charge in [-0.2, -0.15) is 13.2 Å². The average Bonchev–Trinajstić information content (AvgIpc) is 2.37. The summed E-state index contributed by atoms with van der Waals surface area (Å²) in [4.78, 5) is 0. The first-order chi connectivity index (χ1) is 9.03. The van der Waals surface area contributed by atoms with Crippen molar-refractivity contribution in [3.63, 3.8) is 0 Å². The lowest BCUT2D eigenvalue weighted by atomic mass is 10.1. The van der Waals surface area contributed by atoms with E-state index in [1.54, 1.807) is 7.11 Å². The molecule has 0 amide bonds. The van der Waals surface area contributed by atoms with Gasteiger partial charge in [-0.05, 0) is 5.56 Å². The molecule has 19 heavy (non-hydrogen) atoms. The third kappa shape index (κ3) is 7.15. The lowest BCUT2D eigenvalue weighted by Crippen LogP contribution is -2.29. The molecule has 0 aliphatic heterocycles. The van der Waals surface area contributed by atoms with Crippen LogP contribution in [0.25, 0.3) is 0 Å². The van der Waals surface area contributed by atoms with Crippen molar-refractivity contribution in [2.75, 3.05) is 33.5 Å². The molecular formula is C13H18F3NO2. The van der Waals surface area contributed by atoms with Crippen LogP contribution in [0, 0.1) is 0 Å². The van der Waals surface area contributed by atoms with Gasteiger partial charge in [0.25, 0.3) is 0 Å². The lowest BCUT2D eigenvalue weighted by Gasteiger charge is -2.18. The summed E-state index contributed by atoms with van der Waals surface area (Å²) in [6.45, 7) is -0.427. The molecule has 1 aromatic carbocycles. The Labute approximate surface area is 110 Å². The van der Waals surface area contributed by atoms with Crippen LogP contribution in [0.15, 0.2) is 30.3 Å². The summed E-state index contributed by atoms with van der Waals surface area (Å²) >= 11 is 0. The number of benzene rings is 1. The van der Waals surface area contributed by atoms with Gasteiger partial charge in [0.15, 0.2) is 0 Å². The second-order valence-electron chi connectivity index (χ2n) is 4.04. The Morgan fingerprint density at radius 1 is 1.21 bits per heavy atom. The summed E-state index contributed by atoms with van der Waals surface area (Å²) in [5.41, 5.74) is 1.03. The second kappa shape index (κ2) is 8.14. The maximum absolute atomic E-state index is 11.9. The van der Waals surface area contributed by atoms with Crippen molar-refractivity contribution < 1.29 is 22.6 Å². The third-order valence-corrected chi connectivity index (χ3v) is 2.44. The average molecular weight is 277 g/mol. The van der Waals surface area contributed by atoms with Gasteiger partial charge < -0.3 is 14.8 Å². The molecule has 0 bridgehead atoms. The molecule has 0 aliphatic rings. The number of nitrogens with one attached hydrogen (secondary N) is 1. The maximum Gasteiger partial charge on any atom is 0.411 e. The van der Waals surface area contributed by atoms with Crippen LogP contribution in [0.2, 0.25) is 0 Å². The van der Waals surface area contributed by atoms with Gasteiger partial charge >= 0.3 is 6.18 Å². The highest BCUT2D eigenvalue weighted by Crippen LogP contribution is 2.14. The van der Waals surface area contributed by atoms with Crippen LogP contribution in [0.3, 0.4) is 0 Å². The molecule has 1 unspecified atom stereocenters. The summed E-state index contributed by atoms with van der Waals surface area (Å²) in [5, 5.41) is 3.11. The fourth-order valence-electron chi connectivity index (χ4n) is 1.62. The van der Waals surface area contributed by atoms with Crippen molar-refractivity contribution in [1.29, 1.82) is 0 Å². The Morgan fingerprint density at radius 3 is 2.47 bits per heavy atom. The molecular weight excluding hydrogens is 259 g/mol. The Balaban J connectivity index is 2.31. The number of halogens is 3. The predicted molar refractivity (Wildman–Crippen MR) is 65.9 cm³/mol. The second-order valence-corrected chi connectivity index (χ2v) is 4.04. The van der Waals surface area contributed by atoms with E-state index in [1.807, 2.05) is 30.3 Å². The predicted octanol–water partition coefficient (Wildman–Crippen LogP) is 2.54. The summed E-state index contributed by atoms with van der Waals surface area (Å²) in [6, 6.07) is 9.53. The molecule has 0 aliphatic carbocycles. The normalized spacial score (nSPS) is 13.5. The standard InChI is InChI=1S/C13H18F3NO2/c1-18-9-12(11-5-3-2-4-6-11)17-7-8-19-10-13(14,15)16/h2-6,12,17H,7-10H2,1H3. The van der Waals surface area contributed by atoms with Crippen molar-refractivity contribution >= 4 is 0 Å². The SMILES string of the molecule is COCC(NCCOCC(F)(F)F)c1ccccc1. The summed E-state index contributed by atoms with van der Waals surface area (Å²) in [6.07, 6.45) is -4.27. The van der Waals surface area contributed by atoms with Gasteiger partial charge in [-0.1, -0.05) is 30.3 Å². The van der Waals surface area contributed by atoms with E-state index in [9.17, 15) is 13.2 Å². The van der Waals surface area contributed by atoms with Gasteiger partial charge in [-0.25, -0.2) is 0 Å². The first-order valence-electron chi connectivity index (χ1n) is 5.94. The highest BCUT2D eigenvalue weighted by atomic mass is 19.4. The number of hydrogen-bond donors (Lipinski definition) is 1. The number of ether oxygens (including phenoxy) is 2. The quantitative estimate of drug-likeness (QED) is 0.741. The molecule has 0 heterocycles. The molecule has 1 rings (SSSR count). The zero-order valence-corrected chi connectivity index (χ0v) is 10.7. The fraction of sp³-hybridized carbons (Fsp3) is 0.538. The van der Waals surface area contributed by atoms with Crippen LogP contribution in [-0.4, -0.2) is 39.7 Å². The van der Waals surface area contributed by atoms with Gasteiger partial charge in [0.1, 0.15) is 6.61 Å². The summed E-state index contributed by atoms with van der Waals surface area (Å²) < 4.78 is 45.2. The zero-order valence-electron chi connectivity index (χ0n) is 10.7. The molecule has 0 radical (unpaired) electrons. The smallest absolute Gasteiger partial charge is 0.383 e. The zero-order chi connectivity index (χ0) is 14.1.